The first kappa shape index (κ1) is 16.4. The Balaban J connectivity index is 1.70. The molecule has 0 amide bonds. The molecular weight excluding hydrogens is 355 g/mol. The average molecular weight is 370 g/mol. The second-order valence-electron chi connectivity index (χ2n) is 6.00. The lowest BCUT2D eigenvalue weighted by molar-refractivity contribution is 0.493. The Kier molecular flexibility index (Phi) is 4.22. The minimum atomic E-state index is -0.482. The van der Waals surface area contributed by atoms with Gasteiger partial charge in [0, 0.05) is 19.2 Å². The zero-order valence-electron chi connectivity index (χ0n) is 13.7. The lowest BCUT2D eigenvalue weighted by Crippen LogP contribution is -2.34. The fraction of sp³-hybridized carbons (Fsp3) is 0.312. The van der Waals surface area contributed by atoms with Crippen LogP contribution in [0, 0.1) is 23.1 Å². The standard InChI is InChI=1S/C16H15FN8S/c17-10-6-20-15(23-12-4-11(19)21-8-22-12)14-13(10)24-16(26-14)25-3-1-2-9(5-18)7-25/h4,6,8-9H,1-3,7H2,(H3,19,20,21,22,23). The van der Waals surface area contributed by atoms with Gasteiger partial charge < -0.3 is 16.0 Å². The van der Waals surface area contributed by atoms with E-state index in [2.05, 4.69) is 31.3 Å². The quantitative estimate of drug-likeness (QED) is 0.723. The SMILES string of the molecule is N#CC1CCCN(c2nc3c(F)cnc(Nc4cc(N)ncn4)c3s2)C1. The predicted molar refractivity (Wildman–Crippen MR) is 97.7 cm³/mol. The number of anilines is 4. The van der Waals surface area contributed by atoms with E-state index in [0.29, 0.717) is 33.8 Å². The van der Waals surface area contributed by atoms with E-state index in [1.54, 1.807) is 6.07 Å². The van der Waals surface area contributed by atoms with Crippen LogP contribution in [0.1, 0.15) is 12.8 Å². The molecule has 1 atom stereocenters. The highest BCUT2D eigenvalue weighted by atomic mass is 32.1. The first-order valence-corrected chi connectivity index (χ1v) is 8.90. The Morgan fingerprint density at radius 2 is 2.27 bits per heavy atom. The second-order valence-corrected chi connectivity index (χ2v) is 6.97. The maximum Gasteiger partial charge on any atom is 0.186 e. The summed E-state index contributed by atoms with van der Waals surface area (Å²) in [5.74, 6) is 0.735. The van der Waals surface area contributed by atoms with Crippen LogP contribution in [0.15, 0.2) is 18.6 Å². The molecule has 0 bridgehead atoms. The lowest BCUT2D eigenvalue weighted by Gasteiger charge is -2.28. The minimum Gasteiger partial charge on any atom is -0.384 e. The number of nitriles is 1. The molecule has 3 aromatic rings. The van der Waals surface area contributed by atoms with Gasteiger partial charge in [-0.1, -0.05) is 11.3 Å². The molecule has 132 valence electrons. The number of nitrogens with one attached hydrogen (secondary N) is 1. The van der Waals surface area contributed by atoms with Crippen LogP contribution in [0.4, 0.5) is 27.0 Å². The molecule has 1 unspecified atom stereocenters. The fourth-order valence-electron chi connectivity index (χ4n) is 2.91. The summed E-state index contributed by atoms with van der Waals surface area (Å²) >= 11 is 1.35. The normalized spacial score (nSPS) is 17.2. The minimum absolute atomic E-state index is 0.0275. The van der Waals surface area contributed by atoms with E-state index >= 15 is 0 Å². The van der Waals surface area contributed by atoms with Crippen molar-refractivity contribution in [3.8, 4) is 6.07 Å². The Bertz CT molecular complexity index is 998. The van der Waals surface area contributed by atoms with E-state index < -0.39 is 5.82 Å². The van der Waals surface area contributed by atoms with Crippen LogP contribution in [0.5, 0.6) is 0 Å². The van der Waals surface area contributed by atoms with Gasteiger partial charge in [0.15, 0.2) is 16.8 Å². The van der Waals surface area contributed by atoms with Gasteiger partial charge in [-0.15, -0.1) is 0 Å². The number of hydrogen-bond donors (Lipinski definition) is 2. The predicted octanol–water partition coefficient (Wildman–Crippen LogP) is 2.69. The zero-order valence-corrected chi connectivity index (χ0v) is 14.5. The van der Waals surface area contributed by atoms with Crippen molar-refractivity contribution in [3.63, 3.8) is 0 Å². The molecule has 0 radical (unpaired) electrons. The third-order valence-corrected chi connectivity index (χ3v) is 5.30. The Hall–Kier alpha value is -3.06. The average Bonchev–Trinajstić information content (AvgIpc) is 3.11. The summed E-state index contributed by atoms with van der Waals surface area (Å²) in [4.78, 5) is 18.5. The first-order valence-electron chi connectivity index (χ1n) is 8.08. The fourth-order valence-corrected chi connectivity index (χ4v) is 3.97. The van der Waals surface area contributed by atoms with Gasteiger partial charge in [-0.05, 0) is 12.8 Å². The lowest BCUT2D eigenvalue weighted by atomic mass is 10.0. The molecular formula is C16H15FN8S. The number of aromatic nitrogens is 4. The molecule has 3 N–H and O–H groups in total. The third-order valence-electron chi connectivity index (χ3n) is 4.17. The number of halogens is 1. The molecule has 0 spiro atoms. The number of thiazole rings is 1. The number of hydrogen-bond acceptors (Lipinski definition) is 9. The summed E-state index contributed by atoms with van der Waals surface area (Å²) in [5.41, 5.74) is 5.92. The summed E-state index contributed by atoms with van der Waals surface area (Å²) in [6, 6.07) is 3.88. The highest BCUT2D eigenvalue weighted by molar-refractivity contribution is 7.22. The van der Waals surface area contributed by atoms with E-state index in [1.807, 2.05) is 4.90 Å². The van der Waals surface area contributed by atoms with Crippen LogP contribution in [-0.4, -0.2) is 33.0 Å². The zero-order chi connectivity index (χ0) is 18.1. The van der Waals surface area contributed by atoms with Crippen molar-refractivity contribution in [2.24, 2.45) is 5.92 Å². The van der Waals surface area contributed by atoms with Crippen LogP contribution in [0.3, 0.4) is 0 Å². The van der Waals surface area contributed by atoms with Gasteiger partial charge in [0.1, 0.15) is 28.2 Å². The van der Waals surface area contributed by atoms with Crippen molar-refractivity contribution < 1.29 is 4.39 Å². The molecule has 1 aliphatic heterocycles. The smallest absolute Gasteiger partial charge is 0.186 e. The number of fused-ring (bicyclic) bond motifs is 1. The van der Waals surface area contributed by atoms with Gasteiger partial charge in [-0.25, -0.2) is 24.3 Å². The highest BCUT2D eigenvalue weighted by Crippen LogP contribution is 2.36. The van der Waals surface area contributed by atoms with Crippen molar-refractivity contribution in [2.75, 3.05) is 29.0 Å². The molecule has 4 heterocycles. The maximum absolute atomic E-state index is 14.2. The summed E-state index contributed by atoms with van der Waals surface area (Å²) in [5, 5.41) is 12.9. The largest absolute Gasteiger partial charge is 0.384 e. The van der Waals surface area contributed by atoms with Gasteiger partial charge in [0.05, 0.1) is 18.2 Å². The van der Waals surface area contributed by atoms with Crippen molar-refractivity contribution in [1.82, 2.24) is 19.9 Å². The molecule has 3 aromatic heterocycles. The molecule has 0 aliphatic carbocycles. The van der Waals surface area contributed by atoms with Gasteiger partial charge in [-0.3, -0.25) is 0 Å². The molecule has 10 heteroatoms. The summed E-state index contributed by atoms with van der Waals surface area (Å²) in [7, 11) is 0. The Labute approximate surface area is 152 Å². The summed E-state index contributed by atoms with van der Waals surface area (Å²) < 4.78 is 14.8. The number of nitrogens with zero attached hydrogens (tertiary/aromatic N) is 6. The number of pyridine rings is 1. The van der Waals surface area contributed by atoms with Crippen molar-refractivity contribution in [2.45, 2.75) is 12.8 Å². The van der Waals surface area contributed by atoms with Crippen LogP contribution in [0.2, 0.25) is 0 Å². The van der Waals surface area contributed by atoms with Gasteiger partial charge >= 0.3 is 0 Å². The van der Waals surface area contributed by atoms with Crippen LogP contribution >= 0.6 is 11.3 Å². The molecule has 0 aromatic carbocycles. The second kappa shape index (κ2) is 6.68. The van der Waals surface area contributed by atoms with Gasteiger partial charge in [0.2, 0.25) is 0 Å². The number of piperidine rings is 1. The number of rotatable bonds is 3. The van der Waals surface area contributed by atoms with Crippen LogP contribution in [0.25, 0.3) is 10.2 Å². The van der Waals surface area contributed by atoms with E-state index in [0.717, 1.165) is 25.6 Å². The topological polar surface area (TPSA) is 117 Å². The Morgan fingerprint density at radius 3 is 3.08 bits per heavy atom. The first-order chi connectivity index (χ1) is 12.6. The van der Waals surface area contributed by atoms with E-state index in [9.17, 15) is 9.65 Å². The van der Waals surface area contributed by atoms with Crippen molar-refractivity contribution in [1.29, 1.82) is 5.26 Å². The summed E-state index contributed by atoms with van der Waals surface area (Å²) in [6.45, 7) is 1.41. The highest BCUT2D eigenvalue weighted by Gasteiger charge is 2.24. The molecule has 4 rings (SSSR count). The molecule has 0 saturated carbocycles. The van der Waals surface area contributed by atoms with E-state index in [1.165, 1.54) is 17.7 Å². The number of nitrogen functional groups attached to an aromatic ring is 1. The van der Waals surface area contributed by atoms with Crippen LogP contribution < -0.4 is 16.0 Å². The molecule has 1 fully saturated rings. The van der Waals surface area contributed by atoms with Crippen LogP contribution in [-0.2, 0) is 0 Å². The third kappa shape index (κ3) is 3.09. The molecule has 26 heavy (non-hydrogen) atoms. The number of nitrogens with two attached hydrogens (primary N) is 1. The molecule has 1 saturated heterocycles. The van der Waals surface area contributed by atoms with Crippen molar-refractivity contribution in [3.05, 3.63) is 24.4 Å². The van der Waals surface area contributed by atoms with Gasteiger partial charge in [-0.2, -0.15) is 5.26 Å². The summed E-state index contributed by atoms with van der Waals surface area (Å²) in [6.07, 6.45) is 4.27. The maximum atomic E-state index is 14.2. The van der Waals surface area contributed by atoms with Gasteiger partial charge in [0.25, 0.3) is 0 Å². The Morgan fingerprint density at radius 1 is 1.38 bits per heavy atom. The monoisotopic (exact) mass is 370 g/mol. The molecule has 1 aliphatic rings. The molecule has 8 nitrogen and oxygen atoms in total. The van der Waals surface area contributed by atoms with E-state index in [-0.39, 0.29) is 11.4 Å². The van der Waals surface area contributed by atoms with E-state index in [4.69, 9.17) is 5.73 Å². The van der Waals surface area contributed by atoms with Crippen molar-refractivity contribution >= 4 is 44.1 Å².